The van der Waals surface area contributed by atoms with Crippen LogP contribution in [-0.4, -0.2) is 47.6 Å². The molecular formula is C25H29N3O2. The van der Waals surface area contributed by atoms with E-state index >= 15 is 0 Å². The lowest BCUT2D eigenvalue weighted by Crippen LogP contribution is -2.51. The molecule has 30 heavy (non-hydrogen) atoms. The Hall–Kier alpha value is -2.63. The fourth-order valence-corrected chi connectivity index (χ4v) is 5.07. The summed E-state index contributed by atoms with van der Waals surface area (Å²) in [5, 5.41) is 4.88. The van der Waals surface area contributed by atoms with Crippen LogP contribution in [0.1, 0.15) is 47.4 Å². The van der Waals surface area contributed by atoms with E-state index in [4.69, 9.17) is 4.74 Å². The highest BCUT2D eigenvalue weighted by molar-refractivity contribution is 5.98. The van der Waals surface area contributed by atoms with Crippen LogP contribution in [0.4, 0.5) is 0 Å². The molecule has 1 amide bonds. The molecule has 1 saturated heterocycles. The first-order valence-corrected chi connectivity index (χ1v) is 11.0. The number of aromatic amines is 1. The normalized spacial score (nSPS) is 23.4. The van der Waals surface area contributed by atoms with Crippen LogP contribution in [-0.2, 0) is 11.2 Å². The van der Waals surface area contributed by atoms with Gasteiger partial charge in [-0.3, -0.25) is 4.79 Å². The monoisotopic (exact) mass is 403 g/mol. The van der Waals surface area contributed by atoms with Crippen molar-refractivity contribution in [1.82, 2.24) is 15.2 Å². The molecule has 5 nitrogen and oxygen atoms in total. The topological polar surface area (TPSA) is 57.4 Å². The van der Waals surface area contributed by atoms with Gasteiger partial charge in [0.25, 0.3) is 5.91 Å². The van der Waals surface area contributed by atoms with E-state index in [0.717, 1.165) is 30.2 Å². The number of carbonyl (C=O) groups excluding carboxylic acids is 1. The number of carbonyl (C=O) groups is 1. The van der Waals surface area contributed by atoms with Gasteiger partial charge in [-0.15, -0.1) is 0 Å². The zero-order valence-corrected chi connectivity index (χ0v) is 17.4. The van der Waals surface area contributed by atoms with E-state index in [0.29, 0.717) is 31.5 Å². The quantitative estimate of drug-likeness (QED) is 0.675. The van der Waals surface area contributed by atoms with Crippen LogP contribution in [0.2, 0.25) is 0 Å². The molecule has 1 aliphatic heterocycles. The molecule has 0 spiro atoms. The lowest BCUT2D eigenvalue weighted by Gasteiger charge is -2.38. The molecule has 1 fully saturated rings. The number of nitrogens with zero attached hydrogens (tertiary/aromatic N) is 1. The third kappa shape index (κ3) is 3.64. The van der Waals surface area contributed by atoms with Crippen LogP contribution in [0.3, 0.4) is 0 Å². The Morgan fingerprint density at radius 1 is 1.17 bits per heavy atom. The zero-order valence-electron chi connectivity index (χ0n) is 17.4. The number of rotatable bonds is 5. The highest BCUT2D eigenvalue weighted by Crippen LogP contribution is 2.32. The van der Waals surface area contributed by atoms with Crippen molar-refractivity contribution >= 4 is 16.8 Å². The summed E-state index contributed by atoms with van der Waals surface area (Å²) >= 11 is 0. The van der Waals surface area contributed by atoms with E-state index in [1.54, 1.807) is 0 Å². The maximum atomic E-state index is 13.3. The third-order valence-corrected chi connectivity index (χ3v) is 6.56. The van der Waals surface area contributed by atoms with Gasteiger partial charge in [0.15, 0.2) is 0 Å². The van der Waals surface area contributed by atoms with Crippen molar-refractivity contribution in [2.24, 2.45) is 0 Å². The Morgan fingerprint density at radius 2 is 2.00 bits per heavy atom. The lowest BCUT2D eigenvalue weighted by atomic mass is 10.0. The summed E-state index contributed by atoms with van der Waals surface area (Å²) in [4.78, 5) is 18.5. The maximum absolute atomic E-state index is 13.3. The first kappa shape index (κ1) is 19.3. The molecule has 156 valence electrons. The van der Waals surface area contributed by atoms with E-state index in [-0.39, 0.29) is 18.0 Å². The second kappa shape index (κ2) is 8.25. The van der Waals surface area contributed by atoms with Crippen molar-refractivity contribution in [2.45, 2.75) is 44.3 Å². The Morgan fingerprint density at radius 3 is 2.87 bits per heavy atom. The van der Waals surface area contributed by atoms with Crippen molar-refractivity contribution in [2.75, 3.05) is 19.8 Å². The molecule has 3 aromatic rings. The predicted molar refractivity (Wildman–Crippen MR) is 119 cm³/mol. The summed E-state index contributed by atoms with van der Waals surface area (Å²) < 4.78 is 5.95. The van der Waals surface area contributed by atoms with E-state index in [2.05, 4.69) is 34.6 Å². The van der Waals surface area contributed by atoms with E-state index < -0.39 is 0 Å². The average Bonchev–Trinajstić information content (AvgIpc) is 3.39. The molecule has 5 heteroatoms. The van der Waals surface area contributed by atoms with Crippen molar-refractivity contribution in [3.63, 3.8) is 0 Å². The lowest BCUT2D eigenvalue weighted by molar-refractivity contribution is 0.000932. The Labute approximate surface area is 177 Å². The number of fused-ring (bicyclic) bond motifs is 2. The number of amides is 1. The number of hydrogen-bond donors (Lipinski definition) is 2. The average molecular weight is 404 g/mol. The van der Waals surface area contributed by atoms with Gasteiger partial charge in [0.1, 0.15) is 5.69 Å². The van der Waals surface area contributed by atoms with Gasteiger partial charge in [-0.25, -0.2) is 0 Å². The molecule has 2 heterocycles. The van der Waals surface area contributed by atoms with Gasteiger partial charge in [0.2, 0.25) is 0 Å². The molecule has 0 saturated carbocycles. The fraction of sp³-hybridized carbons (Fsp3) is 0.400. The highest BCUT2D eigenvalue weighted by Gasteiger charge is 2.33. The van der Waals surface area contributed by atoms with Crippen molar-refractivity contribution < 1.29 is 9.53 Å². The molecule has 1 aliphatic carbocycles. The first-order chi connectivity index (χ1) is 14.7. The van der Waals surface area contributed by atoms with Crippen molar-refractivity contribution in [3.05, 3.63) is 71.4 Å². The largest absolute Gasteiger partial charge is 0.378 e. The summed E-state index contributed by atoms with van der Waals surface area (Å²) in [6, 6.07) is 19.4. The van der Waals surface area contributed by atoms with Crippen LogP contribution in [0.5, 0.6) is 0 Å². The fourth-order valence-electron chi connectivity index (χ4n) is 5.07. The predicted octanol–water partition coefficient (Wildman–Crippen LogP) is 4.06. The molecule has 0 unspecified atom stereocenters. The summed E-state index contributed by atoms with van der Waals surface area (Å²) in [5.41, 5.74) is 4.52. The van der Waals surface area contributed by atoms with Gasteiger partial charge >= 0.3 is 0 Å². The second-order valence-electron chi connectivity index (χ2n) is 8.44. The first-order valence-electron chi connectivity index (χ1n) is 11.0. The minimum atomic E-state index is 0.0502. The van der Waals surface area contributed by atoms with Gasteiger partial charge in [0.05, 0.1) is 19.3 Å². The summed E-state index contributed by atoms with van der Waals surface area (Å²) in [5.74, 6) is 0.0502. The van der Waals surface area contributed by atoms with Gasteiger partial charge in [-0.1, -0.05) is 42.5 Å². The molecule has 2 N–H and O–H groups in total. The van der Waals surface area contributed by atoms with E-state index in [1.165, 1.54) is 11.1 Å². The molecular weight excluding hydrogens is 374 g/mol. The second-order valence-corrected chi connectivity index (χ2v) is 8.44. The minimum Gasteiger partial charge on any atom is -0.378 e. The number of aromatic nitrogens is 1. The van der Waals surface area contributed by atoms with Gasteiger partial charge < -0.3 is 19.9 Å². The standard InChI is InChI=1S/C25H29N3O2/c1-2-28(25(29)24-13-18-8-4-6-10-22(18)27-24)20-14-19(15-30-16-20)26-23-12-11-17-7-3-5-9-21(17)23/h3-10,13,19-20,23,26-27H,2,11-12,14-16H2,1H3/t19-,20+,23-/m1/s1. The molecule has 2 aliphatic rings. The number of likely N-dealkylation sites (N-methyl/N-ethyl adjacent to an activating group) is 1. The molecule has 5 rings (SSSR count). The zero-order chi connectivity index (χ0) is 20.5. The number of ether oxygens (including phenoxy) is 1. The molecule has 0 bridgehead atoms. The number of aryl methyl sites for hydroxylation is 1. The van der Waals surface area contributed by atoms with Gasteiger partial charge in [0, 0.05) is 29.5 Å². The summed E-state index contributed by atoms with van der Waals surface area (Å²) in [6.45, 7) is 4.01. The highest BCUT2D eigenvalue weighted by atomic mass is 16.5. The number of para-hydroxylation sites is 1. The summed E-state index contributed by atoms with van der Waals surface area (Å²) in [7, 11) is 0. The van der Waals surface area contributed by atoms with E-state index in [9.17, 15) is 4.79 Å². The van der Waals surface area contributed by atoms with Crippen molar-refractivity contribution in [3.8, 4) is 0 Å². The molecule has 2 aromatic carbocycles. The van der Waals surface area contributed by atoms with Crippen LogP contribution >= 0.6 is 0 Å². The van der Waals surface area contributed by atoms with Crippen LogP contribution in [0.25, 0.3) is 10.9 Å². The number of nitrogens with one attached hydrogen (secondary N) is 2. The van der Waals surface area contributed by atoms with Gasteiger partial charge in [-0.2, -0.15) is 0 Å². The van der Waals surface area contributed by atoms with Crippen LogP contribution in [0.15, 0.2) is 54.6 Å². The SMILES string of the molecule is CCN(C(=O)c1cc2ccccc2[nH]1)[C@@H]1COC[C@H](N[C@@H]2CCc3ccccc32)C1. The summed E-state index contributed by atoms with van der Waals surface area (Å²) in [6.07, 6.45) is 3.18. The minimum absolute atomic E-state index is 0.0502. The number of benzene rings is 2. The Balaban J connectivity index is 1.29. The van der Waals surface area contributed by atoms with Crippen LogP contribution in [0, 0.1) is 0 Å². The third-order valence-electron chi connectivity index (χ3n) is 6.56. The Bertz CT molecular complexity index is 1010. The number of hydrogen-bond acceptors (Lipinski definition) is 3. The molecule has 0 radical (unpaired) electrons. The maximum Gasteiger partial charge on any atom is 0.270 e. The molecule has 1 aromatic heterocycles. The van der Waals surface area contributed by atoms with Crippen molar-refractivity contribution in [1.29, 1.82) is 0 Å². The van der Waals surface area contributed by atoms with Crippen LogP contribution < -0.4 is 5.32 Å². The van der Waals surface area contributed by atoms with E-state index in [1.807, 2.05) is 42.2 Å². The molecule has 3 atom stereocenters. The Kier molecular flexibility index (Phi) is 5.32. The number of H-pyrrole nitrogens is 1. The smallest absolute Gasteiger partial charge is 0.270 e. The van der Waals surface area contributed by atoms with Gasteiger partial charge in [-0.05, 0) is 49.4 Å².